The summed E-state index contributed by atoms with van der Waals surface area (Å²) in [6, 6.07) is 0. The Bertz CT molecular complexity index is 159. The molecule has 0 aromatic carbocycles. The van der Waals surface area contributed by atoms with Gasteiger partial charge in [0, 0.05) is 6.92 Å². The van der Waals surface area contributed by atoms with Crippen LogP contribution >= 0.6 is 0 Å². The smallest absolute Gasteiger partial charge is 0.268 e. The quantitative estimate of drug-likeness (QED) is 0.679. The van der Waals surface area contributed by atoms with Crippen LogP contribution in [0.1, 0.15) is 34.6 Å². The lowest BCUT2D eigenvalue weighted by atomic mass is 10.4. The van der Waals surface area contributed by atoms with Crippen LogP contribution in [0, 0.1) is 0 Å². The highest BCUT2D eigenvalue weighted by atomic mass is 19.3. The summed E-state index contributed by atoms with van der Waals surface area (Å²) in [4.78, 5) is 0. The first-order valence-electron chi connectivity index (χ1n) is 5.43. The number of rotatable bonds is 6. The van der Waals surface area contributed by atoms with E-state index in [1.54, 1.807) is 27.7 Å². The van der Waals surface area contributed by atoms with E-state index in [-0.39, 0.29) is 12.2 Å². The fourth-order valence-electron chi connectivity index (χ4n) is 0.578. The first kappa shape index (κ1) is 19.0. The molecule has 0 unspecified atom stereocenters. The van der Waals surface area contributed by atoms with Crippen molar-refractivity contribution in [3.8, 4) is 0 Å². The molecule has 0 amide bonds. The lowest BCUT2D eigenvalue weighted by Crippen LogP contribution is -2.21. The minimum Gasteiger partial charge on any atom is -0.373 e. The van der Waals surface area contributed by atoms with Crippen LogP contribution in [-0.4, -0.2) is 37.8 Å². The van der Waals surface area contributed by atoms with Gasteiger partial charge in [0.15, 0.2) is 0 Å². The van der Waals surface area contributed by atoms with Crippen molar-refractivity contribution in [1.82, 2.24) is 0 Å². The Morgan fingerprint density at radius 3 is 1.47 bits per heavy atom. The van der Waals surface area contributed by atoms with Gasteiger partial charge in [0.25, 0.3) is 12.3 Å². The van der Waals surface area contributed by atoms with E-state index in [0.29, 0.717) is 0 Å². The van der Waals surface area contributed by atoms with Crippen molar-refractivity contribution in [1.29, 1.82) is 0 Å². The van der Waals surface area contributed by atoms with E-state index in [0.717, 1.165) is 6.92 Å². The Hall–Kier alpha value is -0.360. The summed E-state index contributed by atoms with van der Waals surface area (Å²) in [5, 5.41) is 0. The van der Waals surface area contributed by atoms with Crippen molar-refractivity contribution in [2.45, 2.75) is 59.2 Å². The van der Waals surface area contributed by atoms with Crippen molar-refractivity contribution >= 4 is 0 Å². The summed E-state index contributed by atoms with van der Waals surface area (Å²) in [7, 11) is 0. The predicted molar refractivity (Wildman–Crippen MR) is 58.8 cm³/mol. The maximum absolute atomic E-state index is 12.0. The van der Waals surface area contributed by atoms with Gasteiger partial charge in [0.05, 0.1) is 12.2 Å². The van der Waals surface area contributed by atoms with Gasteiger partial charge in [-0.15, -0.1) is 0 Å². The van der Waals surface area contributed by atoms with Gasteiger partial charge in [-0.2, -0.15) is 0 Å². The average Bonchev–Trinajstić information content (AvgIpc) is 2.11. The summed E-state index contributed by atoms with van der Waals surface area (Å²) in [5.74, 6) is -2.69. The molecule has 0 fully saturated rings. The van der Waals surface area contributed by atoms with Gasteiger partial charge in [-0.3, -0.25) is 0 Å². The van der Waals surface area contributed by atoms with Crippen LogP contribution in [0.5, 0.6) is 0 Å². The summed E-state index contributed by atoms with van der Waals surface area (Å²) in [6.07, 6.45) is -2.54. The maximum atomic E-state index is 12.0. The van der Waals surface area contributed by atoms with Crippen LogP contribution in [0.4, 0.5) is 17.6 Å². The standard InChI is InChI=1S/C6H12F2O.C5H10F2O/c1-5(2)9-4-6(3,7)8;1-4(2)8-3-5(6)7/h5H,4H2,1-3H3;4-5H,3H2,1-2H3. The minimum absolute atomic E-state index is 0.0935. The van der Waals surface area contributed by atoms with Gasteiger partial charge < -0.3 is 9.47 Å². The van der Waals surface area contributed by atoms with Gasteiger partial charge in [-0.25, -0.2) is 17.6 Å². The molecular formula is C11H22F4O2. The third-order valence-corrected chi connectivity index (χ3v) is 1.23. The molecule has 106 valence electrons. The molecule has 0 radical (unpaired) electrons. The predicted octanol–water partition coefficient (Wildman–Crippen LogP) is 3.74. The fourth-order valence-corrected chi connectivity index (χ4v) is 0.578. The van der Waals surface area contributed by atoms with Crippen molar-refractivity contribution in [3.63, 3.8) is 0 Å². The Balaban J connectivity index is 0. The first-order valence-corrected chi connectivity index (χ1v) is 5.43. The van der Waals surface area contributed by atoms with Gasteiger partial charge in [-0.1, -0.05) is 0 Å². The molecule has 0 aliphatic rings. The van der Waals surface area contributed by atoms with Crippen molar-refractivity contribution in [2.75, 3.05) is 13.2 Å². The molecule has 0 aromatic heterocycles. The summed E-state index contributed by atoms with van der Waals surface area (Å²) in [5.41, 5.74) is 0. The van der Waals surface area contributed by atoms with Gasteiger partial charge in [-0.05, 0) is 27.7 Å². The molecule has 0 atom stereocenters. The molecule has 17 heavy (non-hydrogen) atoms. The Kier molecular flexibility index (Phi) is 10.8. The monoisotopic (exact) mass is 262 g/mol. The molecule has 0 aliphatic carbocycles. The second kappa shape index (κ2) is 9.65. The van der Waals surface area contributed by atoms with E-state index in [1.807, 2.05) is 0 Å². The fraction of sp³-hybridized carbons (Fsp3) is 1.00. The molecule has 2 nitrogen and oxygen atoms in total. The molecule has 0 aliphatic heterocycles. The summed E-state index contributed by atoms with van der Waals surface area (Å²) >= 11 is 0. The zero-order valence-electron chi connectivity index (χ0n) is 11.0. The second-order valence-electron chi connectivity index (χ2n) is 4.20. The van der Waals surface area contributed by atoms with Gasteiger partial charge in [0.1, 0.15) is 13.2 Å². The highest BCUT2D eigenvalue weighted by Crippen LogP contribution is 2.11. The Morgan fingerprint density at radius 1 is 0.941 bits per heavy atom. The van der Waals surface area contributed by atoms with Crippen LogP contribution in [0.15, 0.2) is 0 Å². The van der Waals surface area contributed by atoms with Crippen molar-refractivity contribution in [2.24, 2.45) is 0 Å². The lowest BCUT2D eigenvalue weighted by molar-refractivity contribution is -0.0791. The molecule has 0 spiro atoms. The van der Waals surface area contributed by atoms with Gasteiger partial charge in [0.2, 0.25) is 0 Å². The SMILES string of the molecule is CC(C)OCC(C)(F)F.CC(C)OCC(F)F. The molecule has 0 aromatic rings. The molecule has 0 N–H and O–H groups in total. The Labute approximate surface area is 100 Å². The number of ether oxygens (including phenoxy) is 2. The lowest BCUT2D eigenvalue weighted by Gasteiger charge is -2.12. The molecule has 0 bridgehead atoms. The molecule has 0 saturated carbocycles. The first-order chi connectivity index (χ1) is 7.54. The normalized spacial score (nSPS) is 12.0. The van der Waals surface area contributed by atoms with Crippen LogP contribution in [0.3, 0.4) is 0 Å². The third kappa shape index (κ3) is 25.7. The van der Waals surface area contributed by atoms with Crippen molar-refractivity contribution in [3.05, 3.63) is 0 Å². The number of alkyl halides is 4. The van der Waals surface area contributed by atoms with Gasteiger partial charge >= 0.3 is 0 Å². The second-order valence-corrected chi connectivity index (χ2v) is 4.20. The van der Waals surface area contributed by atoms with Crippen LogP contribution < -0.4 is 0 Å². The van der Waals surface area contributed by atoms with Crippen LogP contribution in [0.2, 0.25) is 0 Å². The Morgan fingerprint density at radius 2 is 1.35 bits per heavy atom. The third-order valence-electron chi connectivity index (χ3n) is 1.23. The molecule has 0 rings (SSSR count). The van der Waals surface area contributed by atoms with E-state index in [2.05, 4.69) is 9.47 Å². The molecule has 0 heterocycles. The molecular weight excluding hydrogens is 240 g/mol. The molecule has 0 saturated heterocycles. The van der Waals surface area contributed by atoms with Crippen LogP contribution in [-0.2, 0) is 9.47 Å². The molecule has 6 heteroatoms. The van der Waals surface area contributed by atoms with Crippen LogP contribution in [0.25, 0.3) is 0 Å². The topological polar surface area (TPSA) is 18.5 Å². The highest BCUT2D eigenvalue weighted by Gasteiger charge is 2.21. The van der Waals surface area contributed by atoms with E-state index < -0.39 is 25.6 Å². The minimum atomic E-state index is -2.69. The maximum Gasteiger partial charge on any atom is 0.268 e. The number of hydrogen-bond donors (Lipinski definition) is 0. The van der Waals surface area contributed by atoms with E-state index in [1.165, 1.54) is 0 Å². The largest absolute Gasteiger partial charge is 0.373 e. The van der Waals surface area contributed by atoms with E-state index >= 15 is 0 Å². The van der Waals surface area contributed by atoms with Crippen molar-refractivity contribution < 1.29 is 27.0 Å². The van der Waals surface area contributed by atoms with E-state index in [9.17, 15) is 17.6 Å². The zero-order valence-corrected chi connectivity index (χ0v) is 11.0. The van der Waals surface area contributed by atoms with E-state index in [4.69, 9.17) is 0 Å². The zero-order chi connectivity index (χ0) is 14.1. The summed E-state index contributed by atoms with van der Waals surface area (Å²) in [6.45, 7) is 6.82. The average molecular weight is 262 g/mol. The highest BCUT2D eigenvalue weighted by molar-refractivity contribution is 4.55. The number of hydrogen-bond acceptors (Lipinski definition) is 2. The number of halogens is 4. The summed E-state index contributed by atoms with van der Waals surface area (Å²) < 4.78 is 55.7.